The van der Waals surface area contributed by atoms with Crippen LogP contribution in [-0.4, -0.2) is 42.8 Å². The molecule has 0 fully saturated rings. The van der Waals surface area contributed by atoms with E-state index in [1.807, 2.05) is 0 Å². The van der Waals surface area contributed by atoms with Gasteiger partial charge in [0.05, 0.1) is 0 Å². The molecular weight excluding hydrogens is 745 g/mol. The Morgan fingerprint density at radius 1 is 0.471 bits per heavy atom. The first-order valence-electron chi connectivity index (χ1n) is 6.34. The maximum Gasteiger partial charge on any atom is 0.253 e. The smallest absolute Gasteiger partial charge is 0.253 e. The summed E-state index contributed by atoms with van der Waals surface area (Å²) in [6, 6.07) is 0. The number of Topliss-reactive ketones (excluding diaryl/α,β-unsaturated/α-hetero) is 2. The molecule has 0 aromatic heterocycles. The van der Waals surface area contributed by atoms with Gasteiger partial charge in [0.15, 0.2) is 5.75 Å². The third kappa shape index (κ3) is 14.4. The van der Waals surface area contributed by atoms with E-state index < -0.39 is 61.6 Å². The number of hydrogen-bond donors (Lipinski definition) is 1. The zero-order valence-electron chi connectivity index (χ0n) is 14.7. The predicted octanol–water partition coefficient (Wildman–Crippen LogP) is 7.03. The van der Waals surface area contributed by atoms with E-state index in [4.69, 9.17) is 144 Å². The molecule has 0 saturated heterocycles. The summed E-state index contributed by atoms with van der Waals surface area (Å²) in [6.45, 7) is 0. The lowest BCUT2D eigenvalue weighted by Crippen LogP contribution is -2.31. The number of hydrogen-bond acceptors (Lipinski definition) is 3. The van der Waals surface area contributed by atoms with Crippen LogP contribution in [0.2, 0.25) is 0 Å². The third-order valence-corrected chi connectivity index (χ3v) is 4.28. The number of aromatic hydroxyl groups is 1. The Hall–Kier alpha value is 1.41. The van der Waals surface area contributed by atoms with Crippen LogP contribution in [0.3, 0.4) is 0 Å². The Morgan fingerprint density at radius 3 is 0.735 bits per heavy atom. The molecule has 0 radical (unpaired) electrons. The summed E-state index contributed by atoms with van der Waals surface area (Å²) < 4.78 is 51.9. The first kappa shape index (κ1) is 42.5. The molecule has 0 saturated carbocycles. The number of rotatable bonds is 0. The number of halogens is 17. The zero-order valence-corrected chi connectivity index (χ0v) is 23.8. The molecule has 202 valence electrons. The highest BCUT2D eigenvalue weighted by Crippen LogP contribution is 2.40. The van der Waals surface area contributed by atoms with E-state index in [1.54, 1.807) is 0 Å². The van der Waals surface area contributed by atoms with Crippen LogP contribution in [0.5, 0.6) is 5.75 Å². The minimum atomic E-state index is -2.29. The van der Waals surface area contributed by atoms with Crippen molar-refractivity contribution in [2.24, 2.45) is 0 Å². The minimum Gasteiger partial charge on any atom is -0.503 e. The highest BCUT2D eigenvalue weighted by Gasteiger charge is 2.45. The van der Waals surface area contributed by atoms with Crippen molar-refractivity contribution >= 4 is 151 Å². The number of phenolic OH excluding ortho intramolecular Hbond substituents is 1. The normalized spacial score (nSPS) is 11.6. The molecule has 0 spiro atoms. The fourth-order valence-corrected chi connectivity index (χ4v) is 3.49. The summed E-state index contributed by atoms with van der Waals surface area (Å²) in [6.07, 6.45) is 0. The zero-order chi connectivity index (χ0) is 26.6. The number of benzene rings is 1. The number of ketones is 2. The molecule has 0 aliphatic rings. The topological polar surface area (TPSA) is 117 Å². The van der Waals surface area contributed by atoms with E-state index in [9.17, 15) is 31.5 Å². The molecule has 0 aliphatic carbocycles. The molecule has 22 heteroatoms. The van der Waals surface area contributed by atoms with Gasteiger partial charge in [-0.25, -0.2) is 13.2 Å². The van der Waals surface area contributed by atoms with Gasteiger partial charge in [-0.3, -0.25) is 9.59 Å². The molecule has 0 bridgehead atoms. The summed E-state index contributed by atoms with van der Waals surface area (Å²) in [5.74, 6) is -15.1. The molecule has 0 amide bonds. The second kappa shape index (κ2) is 15.7. The van der Waals surface area contributed by atoms with Gasteiger partial charge in [-0.05, 0) is 0 Å². The average molecular weight is 750 g/mol. The summed E-state index contributed by atoms with van der Waals surface area (Å²) in [5.41, 5.74) is 0. The van der Waals surface area contributed by atoms with Gasteiger partial charge < -0.3 is 16.1 Å². The van der Waals surface area contributed by atoms with E-state index in [-0.39, 0.29) is 11.0 Å². The quantitative estimate of drug-likeness (QED) is 0.133. The monoisotopic (exact) mass is 744 g/mol. The van der Waals surface area contributed by atoms with Gasteiger partial charge in [0, 0.05) is 0 Å². The second-order valence-electron chi connectivity index (χ2n) is 4.57. The average Bonchev–Trinajstić information content (AvgIpc) is 2.60. The molecule has 34 heavy (non-hydrogen) atoms. The molecule has 1 aromatic carbocycles. The summed E-state index contributed by atoms with van der Waals surface area (Å²) >= 11 is 61.2. The SMILES string of the molecule is O.O.O=C(C(Cl)(Cl)Cl)C(Cl)(Cl)Cl.O=C(C(Cl)(Cl)Cl)C(Cl)(Cl)Cl.Oc1c(F)c(F)c(F)c(F)c1F. The Labute approximate surface area is 246 Å². The van der Waals surface area contributed by atoms with Crippen LogP contribution < -0.4 is 0 Å². The van der Waals surface area contributed by atoms with Crippen LogP contribution in [0.4, 0.5) is 22.0 Å². The molecule has 1 rings (SSSR count). The lowest BCUT2D eigenvalue weighted by molar-refractivity contribution is -0.118. The molecule has 0 unspecified atom stereocenters. The standard InChI is InChI=1S/C6HF5O.2C3Cl6O.2H2O/c7-1-2(8)4(10)6(12)5(11)3(1)9;2*4-2(5,6)1(10)3(7,8)9;;/h12H;;;2*1H2. The predicted molar refractivity (Wildman–Crippen MR) is 126 cm³/mol. The number of alkyl halides is 12. The van der Waals surface area contributed by atoms with Crippen LogP contribution in [0.15, 0.2) is 0 Å². The maximum atomic E-state index is 12.2. The summed E-state index contributed by atoms with van der Waals surface area (Å²) in [4.78, 5) is 21.4. The van der Waals surface area contributed by atoms with Gasteiger partial charge in [-0.2, -0.15) is 8.78 Å². The van der Waals surface area contributed by atoms with Crippen molar-refractivity contribution in [3.8, 4) is 5.75 Å². The first-order chi connectivity index (χ1) is 13.8. The van der Waals surface area contributed by atoms with Crippen molar-refractivity contribution in [1.82, 2.24) is 0 Å². The number of phenols is 1. The van der Waals surface area contributed by atoms with E-state index in [1.165, 1.54) is 0 Å². The van der Waals surface area contributed by atoms with Gasteiger partial charge in [-0.15, -0.1) is 0 Å². The van der Waals surface area contributed by atoms with Crippen LogP contribution >= 0.6 is 139 Å². The van der Waals surface area contributed by atoms with Crippen molar-refractivity contribution in [2.75, 3.05) is 0 Å². The fourth-order valence-electron chi connectivity index (χ4n) is 0.915. The van der Waals surface area contributed by atoms with Crippen LogP contribution in [-0.2, 0) is 9.59 Å². The van der Waals surface area contributed by atoms with Gasteiger partial charge in [0.25, 0.3) is 15.2 Å². The second-order valence-corrected chi connectivity index (χ2v) is 13.7. The number of carbonyl (C=O) groups excluding carboxylic acids is 2. The van der Waals surface area contributed by atoms with E-state index in [2.05, 4.69) is 0 Å². The van der Waals surface area contributed by atoms with Crippen molar-refractivity contribution < 1.29 is 47.6 Å². The van der Waals surface area contributed by atoms with Gasteiger partial charge in [-0.1, -0.05) is 139 Å². The minimum absolute atomic E-state index is 0. The van der Waals surface area contributed by atoms with Gasteiger partial charge in [0.1, 0.15) is 0 Å². The summed E-state index contributed by atoms with van der Waals surface area (Å²) in [7, 11) is 0. The highest BCUT2D eigenvalue weighted by atomic mass is 35.6. The Morgan fingerprint density at radius 2 is 0.618 bits per heavy atom. The number of carbonyl (C=O) groups is 2. The Bertz CT molecular complexity index is 676. The van der Waals surface area contributed by atoms with Crippen molar-refractivity contribution in [2.45, 2.75) is 15.2 Å². The first-order valence-corrected chi connectivity index (χ1v) is 10.9. The van der Waals surface area contributed by atoms with Crippen molar-refractivity contribution in [3.05, 3.63) is 29.1 Å². The molecule has 0 atom stereocenters. The third-order valence-electron chi connectivity index (χ3n) is 2.22. The van der Waals surface area contributed by atoms with Gasteiger partial charge >= 0.3 is 0 Å². The van der Waals surface area contributed by atoms with Crippen LogP contribution in [0.1, 0.15) is 0 Å². The molecule has 1 aromatic rings. The largest absolute Gasteiger partial charge is 0.503 e. The van der Waals surface area contributed by atoms with Crippen LogP contribution in [0.25, 0.3) is 0 Å². The van der Waals surface area contributed by atoms with E-state index >= 15 is 0 Å². The highest BCUT2D eigenvalue weighted by molar-refractivity contribution is 6.87. The molecule has 5 nitrogen and oxygen atoms in total. The van der Waals surface area contributed by atoms with Gasteiger partial charge in [0.2, 0.25) is 40.7 Å². The lowest BCUT2D eigenvalue weighted by Gasteiger charge is -2.14. The maximum absolute atomic E-state index is 12.2. The Kier molecular flexibility index (Phi) is 19.7. The lowest BCUT2D eigenvalue weighted by atomic mass is 10.3. The van der Waals surface area contributed by atoms with E-state index in [0.717, 1.165) is 0 Å². The molecule has 0 aliphatic heterocycles. The van der Waals surface area contributed by atoms with Crippen molar-refractivity contribution in [3.63, 3.8) is 0 Å². The summed E-state index contributed by atoms with van der Waals surface area (Å²) in [5, 5.41) is 8.30. The van der Waals surface area contributed by atoms with Crippen molar-refractivity contribution in [1.29, 1.82) is 0 Å². The fraction of sp³-hybridized carbons (Fsp3) is 0.333. The molecule has 5 N–H and O–H groups in total. The van der Waals surface area contributed by atoms with E-state index in [0.29, 0.717) is 0 Å². The Balaban J connectivity index is -0.000000194. The van der Waals surface area contributed by atoms with Crippen LogP contribution in [0, 0.1) is 29.1 Å². The molecular formula is C12H5Cl12F5O5. The molecule has 0 heterocycles.